The molecule has 1 fully saturated rings. The summed E-state index contributed by atoms with van der Waals surface area (Å²) in [5, 5.41) is 9.41. The topological polar surface area (TPSA) is 49.5 Å². The van der Waals surface area contributed by atoms with Crippen molar-refractivity contribution in [1.82, 2.24) is 0 Å². The molecule has 1 saturated heterocycles. The van der Waals surface area contributed by atoms with Gasteiger partial charge in [-0.15, -0.1) is 0 Å². The summed E-state index contributed by atoms with van der Waals surface area (Å²) in [5.41, 5.74) is 7.21. The SMILES string of the molecule is CC1CCN(c2cc(F)c(I)cc2N)C1CO. The van der Waals surface area contributed by atoms with Crippen molar-refractivity contribution in [2.24, 2.45) is 5.92 Å². The summed E-state index contributed by atoms with van der Waals surface area (Å²) in [6.07, 6.45) is 0.998. The fourth-order valence-electron chi connectivity index (χ4n) is 2.39. The number of anilines is 2. The number of hydrogen-bond donors (Lipinski definition) is 2. The van der Waals surface area contributed by atoms with Gasteiger partial charge in [0.05, 0.1) is 27.6 Å². The predicted octanol–water partition coefficient (Wildman–Crippen LogP) is 2.22. The van der Waals surface area contributed by atoms with Crippen LogP contribution in [0.1, 0.15) is 13.3 Å². The Morgan fingerprint density at radius 3 is 2.94 bits per heavy atom. The Balaban J connectivity index is 2.37. The molecule has 5 heteroatoms. The van der Waals surface area contributed by atoms with Crippen molar-refractivity contribution in [3.63, 3.8) is 0 Å². The maximum atomic E-state index is 13.6. The molecular formula is C12H16FIN2O. The van der Waals surface area contributed by atoms with Gasteiger partial charge in [-0.1, -0.05) is 6.92 Å². The lowest BCUT2D eigenvalue weighted by Crippen LogP contribution is -2.35. The van der Waals surface area contributed by atoms with Crippen molar-refractivity contribution in [2.75, 3.05) is 23.8 Å². The van der Waals surface area contributed by atoms with Crippen molar-refractivity contribution in [2.45, 2.75) is 19.4 Å². The highest BCUT2D eigenvalue weighted by Gasteiger charge is 2.31. The van der Waals surface area contributed by atoms with Gasteiger partial charge in [-0.2, -0.15) is 0 Å². The van der Waals surface area contributed by atoms with Gasteiger partial charge in [0, 0.05) is 12.6 Å². The van der Waals surface area contributed by atoms with Crippen LogP contribution in [-0.4, -0.2) is 24.3 Å². The first-order chi connectivity index (χ1) is 8.04. The average Bonchev–Trinajstić information content (AvgIpc) is 2.64. The Bertz CT molecular complexity index is 427. The minimum Gasteiger partial charge on any atom is -0.397 e. The normalized spacial score (nSPS) is 24.4. The average molecular weight is 350 g/mol. The number of hydrogen-bond acceptors (Lipinski definition) is 3. The Hall–Kier alpha value is -0.560. The second kappa shape index (κ2) is 4.97. The van der Waals surface area contributed by atoms with Gasteiger partial charge in [0.25, 0.3) is 0 Å². The van der Waals surface area contributed by atoms with Gasteiger partial charge in [-0.05, 0) is 41.0 Å². The van der Waals surface area contributed by atoms with Gasteiger partial charge in [-0.25, -0.2) is 4.39 Å². The molecule has 3 N–H and O–H groups in total. The highest BCUT2D eigenvalue weighted by atomic mass is 127. The molecule has 2 atom stereocenters. The first-order valence-electron chi connectivity index (χ1n) is 5.66. The van der Waals surface area contributed by atoms with E-state index in [1.54, 1.807) is 6.07 Å². The van der Waals surface area contributed by atoms with Gasteiger partial charge in [-0.3, -0.25) is 0 Å². The first kappa shape index (κ1) is 12.9. The molecule has 0 amide bonds. The Kier molecular flexibility index (Phi) is 3.77. The molecule has 0 aliphatic carbocycles. The van der Waals surface area contributed by atoms with Crippen molar-refractivity contribution in [1.29, 1.82) is 0 Å². The second-order valence-corrected chi connectivity index (χ2v) is 5.70. The number of aliphatic hydroxyl groups excluding tert-OH is 1. The molecule has 0 aromatic heterocycles. The quantitative estimate of drug-likeness (QED) is 0.635. The Morgan fingerprint density at radius 2 is 2.29 bits per heavy atom. The maximum absolute atomic E-state index is 13.6. The fourth-order valence-corrected chi connectivity index (χ4v) is 2.88. The van der Waals surface area contributed by atoms with E-state index in [-0.39, 0.29) is 18.5 Å². The summed E-state index contributed by atoms with van der Waals surface area (Å²) in [5.74, 6) is 0.146. The van der Waals surface area contributed by atoms with E-state index in [0.29, 0.717) is 20.9 Å². The smallest absolute Gasteiger partial charge is 0.138 e. The van der Waals surface area contributed by atoms with Gasteiger partial charge in [0.1, 0.15) is 5.82 Å². The van der Waals surface area contributed by atoms with E-state index in [0.717, 1.165) is 13.0 Å². The Labute approximate surface area is 114 Å². The van der Waals surface area contributed by atoms with E-state index in [1.807, 2.05) is 27.5 Å². The molecule has 1 aromatic rings. The molecule has 0 spiro atoms. The van der Waals surface area contributed by atoms with E-state index in [9.17, 15) is 9.50 Å². The summed E-state index contributed by atoms with van der Waals surface area (Å²) in [6, 6.07) is 3.15. The molecule has 1 aliphatic heterocycles. The molecular weight excluding hydrogens is 334 g/mol. The zero-order chi connectivity index (χ0) is 12.6. The van der Waals surface area contributed by atoms with Crippen molar-refractivity contribution in [3.8, 4) is 0 Å². The van der Waals surface area contributed by atoms with Crippen LogP contribution in [0.2, 0.25) is 0 Å². The van der Waals surface area contributed by atoms with E-state index in [1.165, 1.54) is 6.07 Å². The number of nitrogens with two attached hydrogens (primary N) is 1. The highest BCUT2D eigenvalue weighted by molar-refractivity contribution is 14.1. The van der Waals surface area contributed by atoms with Gasteiger partial charge < -0.3 is 15.7 Å². The summed E-state index contributed by atoms with van der Waals surface area (Å²) in [4.78, 5) is 2.01. The van der Waals surface area contributed by atoms with E-state index in [2.05, 4.69) is 6.92 Å². The van der Waals surface area contributed by atoms with Crippen LogP contribution in [0.25, 0.3) is 0 Å². The summed E-state index contributed by atoms with van der Waals surface area (Å²) in [6.45, 7) is 2.99. The minimum absolute atomic E-state index is 0.0387. The highest BCUT2D eigenvalue weighted by Crippen LogP contribution is 2.34. The molecule has 3 nitrogen and oxygen atoms in total. The number of aliphatic hydroxyl groups is 1. The van der Waals surface area contributed by atoms with E-state index < -0.39 is 0 Å². The minimum atomic E-state index is -0.258. The summed E-state index contributed by atoms with van der Waals surface area (Å²) in [7, 11) is 0. The van der Waals surface area contributed by atoms with Crippen LogP contribution in [0, 0.1) is 15.3 Å². The number of nitrogens with zero attached hydrogens (tertiary/aromatic N) is 1. The first-order valence-corrected chi connectivity index (χ1v) is 6.74. The summed E-state index contributed by atoms with van der Waals surface area (Å²) < 4.78 is 14.1. The molecule has 2 unspecified atom stereocenters. The second-order valence-electron chi connectivity index (χ2n) is 4.53. The summed E-state index contributed by atoms with van der Waals surface area (Å²) >= 11 is 1.93. The molecule has 94 valence electrons. The molecule has 2 rings (SSSR count). The van der Waals surface area contributed by atoms with Crippen molar-refractivity contribution >= 4 is 34.0 Å². The van der Waals surface area contributed by atoms with Crippen molar-refractivity contribution < 1.29 is 9.50 Å². The zero-order valence-corrected chi connectivity index (χ0v) is 11.8. The van der Waals surface area contributed by atoms with Gasteiger partial charge in [0.15, 0.2) is 0 Å². The van der Waals surface area contributed by atoms with Crippen LogP contribution < -0.4 is 10.6 Å². The number of halogens is 2. The van der Waals surface area contributed by atoms with Crippen LogP contribution in [0.15, 0.2) is 12.1 Å². The number of nitrogen functional groups attached to an aromatic ring is 1. The standard InChI is InChI=1S/C12H16FIN2O/c1-7-2-3-16(12(7)6-17)11-4-8(13)9(14)5-10(11)15/h4-5,7,12,17H,2-3,6,15H2,1H3. The third-order valence-corrected chi connectivity index (χ3v) is 4.28. The largest absolute Gasteiger partial charge is 0.397 e. The lowest BCUT2D eigenvalue weighted by atomic mass is 10.0. The van der Waals surface area contributed by atoms with E-state index in [4.69, 9.17) is 5.73 Å². The zero-order valence-electron chi connectivity index (χ0n) is 9.66. The third kappa shape index (κ3) is 2.35. The Morgan fingerprint density at radius 1 is 1.59 bits per heavy atom. The predicted molar refractivity (Wildman–Crippen MR) is 75.5 cm³/mol. The van der Waals surface area contributed by atoms with Crippen LogP contribution >= 0.6 is 22.6 Å². The lowest BCUT2D eigenvalue weighted by molar-refractivity contribution is 0.245. The molecule has 0 radical (unpaired) electrons. The van der Waals surface area contributed by atoms with Gasteiger partial charge in [0.2, 0.25) is 0 Å². The molecule has 1 aliphatic rings. The lowest BCUT2D eigenvalue weighted by Gasteiger charge is -2.28. The molecule has 0 saturated carbocycles. The van der Waals surface area contributed by atoms with Crippen LogP contribution in [0.3, 0.4) is 0 Å². The van der Waals surface area contributed by atoms with Gasteiger partial charge >= 0.3 is 0 Å². The van der Waals surface area contributed by atoms with Crippen LogP contribution in [-0.2, 0) is 0 Å². The molecule has 0 bridgehead atoms. The molecule has 1 aromatic carbocycles. The maximum Gasteiger partial charge on any atom is 0.138 e. The van der Waals surface area contributed by atoms with Crippen LogP contribution in [0.4, 0.5) is 15.8 Å². The number of benzene rings is 1. The van der Waals surface area contributed by atoms with Crippen molar-refractivity contribution in [3.05, 3.63) is 21.5 Å². The molecule has 17 heavy (non-hydrogen) atoms. The van der Waals surface area contributed by atoms with Crippen LogP contribution in [0.5, 0.6) is 0 Å². The monoisotopic (exact) mass is 350 g/mol. The molecule has 1 heterocycles. The third-order valence-electron chi connectivity index (χ3n) is 3.45. The fraction of sp³-hybridized carbons (Fsp3) is 0.500. The number of rotatable bonds is 2. The van der Waals surface area contributed by atoms with E-state index >= 15 is 0 Å².